The molecule has 1 aromatic carbocycles. The molecule has 0 fully saturated rings. The van der Waals surface area contributed by atoms with E-state index in [4.69, 9.17) is 5.73 Å². The van der Waals surface area contributed by atoms with Gasteiger partial charge in [-0.05, 0) is 41.5 Å². The second-order valence-electron chi connectivity index (χ2n) is 5.94. The van der Waals surface area contributed by atoms with Crippen LogP contribution in [0.1, 0.15) is 22.4 Å². The number of hydrogen-bond acceptors (Lipinski definition) is 4. The van der Waals surface area contributed by atoms with Crippen LogP contribution in [0.25, 0.3) is 0 Å². The summed E-state index contributed by atoms with van der Waals surface area (Å²) in [5, 5.41) is 5.19. The van der Waals surface area contributed by atoms with E-state index in [1.54, 1.807) is 0 Å². The lowest BCUT2D eigenvalue weighted by molar-refractivity contribution is -0.121. The highest BCUT2D eigenvalue weighted by Crippen LogP contribution is 2.23. The monoisotopic (exact) mass is 401 g/mol. The minimum Gasteiger partial charge on any atom is -0.399 e. The zero-order valence-corrected chi connectivity index (χ0v) is 16.5. The first-order chi connectivity index (χ1) is 11.2. The molecule has 4 nitrogen and oxygen atoms in total. The molecule has 2 aromatic rings. The number of thiophene rings is 1. The summed E-state index contributed by atoms with van der Waals surface area (Å²) in [4.78, 5) is 15.9. The zero-order valence-electron chi connectivity index (χ0n) is 14.1. The van der Waals surface area contributed by atoms with Gasteiger partial charge >= 0.3 is 0 Å². The number of rotatable bonds is 6. The first kappa shape index (κ1) is 21.8. The van der Waals surface area contributed by atoms with Crippen LogP contribution in [0.15, 0.2) is 35.7 Å². The van der Waals surface area contributed by atoms with Crippen LogP contribution in [0.2, 0.25) is 0 Å². The van der Waals surface area contributed by atoms with Crippen LogP contribution in [0.3, 0.4) is 0 Å². The molecular weight excluding hydrogens is 377 g/mol. The van der Waals surface area contributed by atoms with Crippen molar-refractivity contribution >= 4 is 47.7 Å². The van der Waals surface area contributed by atoms with Gasteiger partial charge in [0.1, 0.15) is 0 Å². The Labute approximate surface area is 165 Å². The van der Waals surface area contributed by atoms with Crippen LogP contribution in [0.5, 0.6) is 0 Å². The molecule has 0 unspecified atom stereocenters. The van der Waals surface area contributed by atoms with Crippen molar-refractivity contribution in [3.8, 4) is 0 Å². The summed E-state index contributed by atoms with van der Waals surface area (Å²) >= 11 is 1.86. The summed E-state index contributed by atoms with van der Waals surface area (Å²) in [6.45, 7) is 3.72. The second kappa shape index (κ2) is 10.7. The minimum atomic E-state index is 0. The van der Waals surface area contributed by atoms with Crippen molar-refractivity contribution in [1.82, 2.24) is 10.2 Å². The summed E-state index contributed by atoms with van der Waals surface area (Å²) in [5.41, 5.74) is 9.16. The second-order valence-corrected chi connectivity index (χ2v) is 6.94. The molecule has 2 heterocycles. The highest BCUT2D eigenvalue weighted by atomic mass is 35.5. The molecule has 0 saturated heterocycles. The highest BCUT2D eigenvalue weighted by Gasteiger charge is 2.16. The molecule has 1 aliphatic heterocycles. The molecule has 1 aromatic heterocycles. The van der Waals surface area contributed by atoms with Gasteiger partial charge in [-0.1, -0.05) is 18.2 Å². The Morgan fingerprint density at radius 2 is 2.04 bits per heavy atom. The fourth-order valence-electron chi connectivity index (χ4n) is 2.95. The number of carbonyl (C=O) groups is 1. The number of halogens is 2. The van der Waals surface area contributed by atoms with E-state index in [0.29, 0.717) is 19.4 Å². The third-order valence-electron chi connectivity index (χ3n) is 4.31. The van der Waals surface area contributed by atoms with Crippen LogP contribution in [-0.4, -0.2) is 30.4 Å². The summed E-state index contributed by atoms with van der Waals surface area (Å²) < 4.78 is 0. The average molecular weight is 402 g/mol. The number of amides is 1. The molecule has 138 valence electrons. The Morgan fingerprint density at radius 3 is 2.84 bits per heavy atom. The molecular formula is C18H25Cl2N3OS. The Hall–Kier alpha value is -1.27. The van der Waals surface area contributed by atoms with Crippen LogP contribution < -0.4 is 11.1 Å². The first-order valence-electron chi connectivity index (χ1n) is 8.10. The van der Waals surface area contributed by atoms with Gasteiger partial charge in [-0.25, -0.2) is 0 Å². The minimum absolute atomic E-state index is 0. The maximum Gasteiger partial charge on any atom is 0.220 e. The predicted molar refractivity (Wildman–Crippen MR) is 110 cm³/mol. The van der Waals surface area contributed by atoms with Crippen molar-refractivity contribution in [2.24, 2.45) is 0 Å². The van der Waals surface area contributed by atoms with Crippen LogP contribution in [0.4, 0.5) is 5.69 Å². The number of aryl methyl sites for hydroxylation is 1. The Morgan fingerprint density at radius 1 is 1.24 bits per heavy atom. The van der Waals surface area contributed by atoms with Crippen LogP contribution in [0, 0.1) is 0 Å². The smallest absolute Gasteiger partial charge is 0.220 e. The molecule has 0 atom stereocenters. The van der Waals surface area contributed by atoms with E-state index in [1.165, 1.54) is 10.4 Å². The average Bonchev–Trinajstić information content (AvgIpc) is 3.02. The van der Waals surface area contributed by atoms with E-state index in [9.17, 15) is 4.79 Å². The van der Waals surface area contributed by atoms with Gasteiger partial charge in [0.2, 0.25) is 5.91 Å². The number of benzene rings is 1. The van der Waals surface area contributed by atoms with Crippen molar-refractivity contribution < 1.29 is 4.79 Å². The molecule has 0 bridgehead atoms. The number of hydrogen-bond donors (Lipinski definition) is 2. The van der Waals surface area contributed by atoms with Crippen LogP contribution in [-0.2, 0) is 24.2 Å². The Kier molecular flexibility index (Phi) is 9.28. The van der Waals surface area contributed by atoms with E-state index >= 15 is 0 Å². The third kappa shape index (κ3) is 6.19. The van der Waals surface area contributed by atoms with Gasteiger partial charge in [0, 0.05) is 43.2 Å². The third-order valence-corrected chi connectivity index (χ3v) is 5.34. The van der Waals surface area contributed by atoms with E-state index in [-0.39, 0.29) is 30.7 Å². The molecule has 25 heavy (non-hydrogen) atoms. The first-order valence-corrected chi connectivity index (χ1v) is 8.98. The van der Waals surface area contributed by atoms with Gasteiger partial charge in [0.05, 0.1) is 0 Å². The molecule has 1 aliphatic rings. The number of nitrogen functional groups attached to an aromatic ring is 1. The van der Waals surface area contributed by atoms with Gasteiger partial charge in [0.15, 0.2) is 0 Å². The van der Waals surface area contributed by atoms with Gasteiger partial charge in [-0.2, -0.15) is 0 Å². The van der Waals surface area contributed by atoms with Crippen LogP contribution >= 0.6 is 36.2 Å². The lowest BCUT2D eigenvalue weighted by Gasteiger charge is -2.26. The Balaban J connectivity index is 0.00000156. The van der Waals surface area contributed by atoms with Gasteiger partial charge in [-0.3, -0.25) is 9.69 Å². The molecule has 1 amide bonds. The predicted octanol–water partition coefficient (Wildman–Crippen LogP) is 3.28. The highest BCUT2D eigenvalue weighted by molar-refractivity contribution is 7.10. The normalized spacial score (nSPS) is 13.3. The van der Waals surface area contributed by atoms with Crippen molar-refractivity contribution in [2.75, 3.05) is 25.4 Å². The fraction of sp³-hybridized carbons (Fsp3) is 0.389. The SMILES string of the molecule is Cl.Cl.Nc1ccccc1CCC(=O)NCCN1CCc2sccc2C1. The van der Waals surface area contributed by atoms with Crippen molar-refractivity contribution in [1.29, 1.82) is 0 Å². The van der Waals surface area contributed by atoms with E-state index in [2.05, 4.69) is 21.7 Å². The maximum absolute atomic E-state index is 12.0. The van der Waals surface area contributed by atoms with E-state index in [1.807, 2.05) is 35.6 Å². The van der Waals surface area contributed by atoms with Crippen molar-refractivity contribution in [3.05, 3.63) is 51.7 Å². The van der Waals surface area contributed by atoms with Gasteiger partial charge < -0.3 is 11.1 Å². The van der Waals surface area contributed by atoms with Gasteiger partial charge in [0.25, 0.3) is 0 Å². The quantitative estimate of drug-likeness (QED) is 0.730. The van der Waals surface area contributed by atoms with Gasteiger partial charge in [-0.15, -0.1) is 36.2 Å². The standard InChI is InChI=1S/C18H23N3OS.2ClH/c19-16-4-2-1-3-14(16)5-6-18(22)20-9-11-21-10-7-17-15(13-21)8-12-23-17;;/h1-4,8,12H,5-7,9-11,13,19H2,(H,20,22);2*1H. The maximum atomic E-state index is 12.0. The molecule has 7 heteroatoms. The molecule has 0 radical (unpaired) electrons. The number of para-hydroxylation sites is 1. The molecule has 3 N–H and O–H groups in total. The number of nitrogens with zero attached hydrogens (tertiary/aromatic N) is 1. The fourth-order valence-corrected chi connectivity index (χ4v) is 3.84. The summed E-state index contributed by atoms with van der Waals surface area (Å²) in [5.74, 6) is 0.0986. The molecule has 0 saturated carbocycles. The van der Waals surface area contributed by atoms with E-state index in [0.717, 1.165) is 37.3 Å². The molecule has 3 rings (SSSR count). The topological polar surface area (TPSA) is 58.4 Å². The zero-order chi connectivity index (χ0) is 16.1. The van der Waals surface area contributed by atoms with Crippen molar-refractivity contribution in [3.63, 3.8) is 0 Å². The lowest BCUT2D eigenvalue weighted by atomic mass is 10.1. The number of anilines is 1. The summed E-state index contributed by atoms with van der Waals surface area (Å²) in [6, 6.07) is 9.95. The largest absolute Gasteiger partial charge is 0.399 e. The number of carbonyl (C=O) groups excluding carboxylic acids is 1. The molecule has 0 aliphatic carbocycles. The number of fused-ring (bicyclic) bond motifs is 1. The lowest BCUT2D eigenvalue weighted by Crippen LogP contribution is -2.37. The summed E-state index contributed by atoms with van der Waals surface area (Å²) in [7, 11) is 0. The van der Waals surface area contributed by atoms with E-state index < -0.39 is 0 Å². The summed E-state index contributed by atoms with van der Waals surface area (Å²) in [6.07, 6.45) is 2.32. The molecule has 0 spiro atoms. The Bertz CT molecular complexity index is 678. The number of nitrogens with one attached hydrogen (secondary N) is 1. The number of nitrogens with two attached hydrogens (primary N) is 1. The van der Waals surface area contributed by atoms with Crippen molar-refractivity contribution in [2.45, 2.75) is 25.8 Å².